The molecule has 0 saturated carbocycles. The van der Waals surface area contributed by atoms with Gasteiger partial charge in [0.15, 0.2) is 0 Å². The van der Waals surface area contributed by atoms with E-state index in [1.54, 1.807) is 12.1 Å². The van der Waals surface area contributed by atoms with Crippen molar-refractivity contribution < 1.29 is 17.9 Å². The molecule has 0 spiro atoms. The molecule has 1 amide bonds. The van der Waals surface area contributed by atoms with Gasteiger partial charge in [-0.1, -0.05) is 25.1 Å². The van der Waals surface area contributed by atoms with Gasteiger partial charge in [0.25, 0.3) is 0 Å². The van der Waals surface area contributed by atoms with Gasteiger partial charge in [-0.05, 0) is 61.1 Å². The van der Waals surface area contributed by atoms with Crippen LogP contribution in [0.2, 0.25) is 0 Å². The number of nitrogens with one attached hydrogen (secondary N) is 3. The molecule has 2 aliphatic rings. The van der Waals surface area contributed by atoms with Crippen molar-refractivity contribution in [3.63, 3.8) is 0 Å². The van der Waals surface area contributed by atoms with Crippen molar-refractivity contribution in [3.8, 4) is 5.75 Å². The molecule has 2 atom stereocenters. The second-order valence-electron chi connectivity index (χ2n) is 8.19. The normalized spacial score (nSPS) is 21.6. The molecule has 2 heterocycles. The maximum Gasteiger partial charge on any atom is 0.246 e. The first-order valence-electron chi connectivity index (χ1n) is 11.0. The number of rotatable bonds is 7. The van der Waals surface area contributed by atoms with Gasteiger partial charge < -0.3 is 10.1 Å². The van der Waals surface area contributed by atoms with Crippen molar-refractivity contribution in [2.75, 3.05) is 25.5 Å². The minimum absolute atomic E-state index is 0.136. The van der Waals surface area contributed by atoms with Crippen LogP contribution in [0.15, 0.2) is 47.4 Å². The van der Waals surface area contributed by atoms with Crippen LogP contribution in [0.25, 0.3) is 0 Å². The molecule has 2 aromatic rings. The topological polar surface area (TPSA) is 99.8 Å². The van der Waals surface area contributed by atoms with Gasteiger partial charge in [0.2, 0.25) is 15.9 Å². The van der Waals surface area contributed by atoms with Gasteiger partial charge in [0, 0.05) is 24.8 Å². The average molecular weight is 459 g/mol. The van der Waals surface area contributed by atoms with Crippen molar-refractivity contribution in [2.45, 2.75) is 49.6 Å². The zero-order valence-corrected chi connectivity index (χ0v) is 19.2. The molecule has 0 aromatic heterocycles. The quantitative estimate of drug-likeness (QED) is 0.590. The third-order valence-electron chi connectivity index (χ3n) is 6.12. The SMILES string of the molecule is CCc1ccc(NC(=O)C2CC(c3ccc(OC)c(S(=O)(=O)N4CCCC4)c3)NN2)cc1. The lowest BCUT2D eigenvalue weighted by Gasteiger charge is -2.19. The highest BCUT2D eigenvalue weighted by Gasteiger charge is 2.34. The Morgan fingerprint density at radius 3 is 2.50 bits per heavy atom. The highest BCUT2D eigenvalue weighted by Crippen LogP contribution is 2.33. The number of anilines is 1. The molecule has 3 N–H and O–H groups in total. The van der Waals surface area contributed by atoms with Crippen LogP contribution in [0.3, 0.4) is 0 Å². The summed E-state index contributed by atoms with van der Waals surface area (Å²) < 4.78 is 33.2. The number of carbonyl (C=O) groups is 1. The second kappa shape index (κ2) is 9.58. The Balaban J connectivity index is 1.48. The lowest BCUT2D eigenvalue weighted by atomic mass is 10.0. The predicted molar refractivity (Wildman–Crippen MR) is 123 cm³/mol. The van der Waals surface area contributed by atoms with Crippen molar-refractivity contribution in [3.05, 3.63) is 53.6 Å². The summed E-state index contributed by atoms with van der Waals surface area (Å²) in [7, 11) is -2.16. The number of aryl methyl sites for hydroxylation is 1. The zero-order valence-electron chi connectivity index (χ0n) is 18.4. The molecule has 2 fully saturated rings. The van der Waals surface area contributed by atoms with E-state index in [2.05, 4.69) is 23.1 Å². The molecule has 2 saturated heterocycles. The fourth-order valence-corrected chi connectivity index (χ4v) is 5.89. The molecule has 8 nitrogen and oxygen atoms in total. The molecule has 0 bridgehead atoms. The van der Waals surface area contributed by atoms with E-state index in [0.717, 1.165) is 30.5 Å². The highest BCUT2D eigenvalue weighted by atomic mass is 32.2. The van der Waals surface area contributed by atoms with Crippen molar-refractivity contribution >= 4 is 21.6 Å². The van der Waals surface area contributed by atoms with Crippen molar-refractivity contribution in [1.82, 2.24) is 15.2 Å². The van der Waals surface area contributed by atoms with Gasteiger partial charge in [0.1, 0.15) is 16.7 Å². The lowest BCUT2D eigenvalue weighted by molar-refractivity contribution is -0.117. The fourth-order valence-electron chi connectivity index (χ4n) is 4.18. The van der Waals surface area contributed by atoms with Gasteiger partial charge in [-0.15, -0.1) is 0 Å². The first-order chi connectivity index (χ1) is 15.4. The number of benzene rings is 2. The van der Waals surface area contributed by atoms with E-state index < -0.39 is 16.1 Å². The summed E-state index contributed by atoms with van der Waals surface area (Å²) >= 11 is 0. The highest BCUT2D eigenvalue weighted by molar-refractivity contribution is 7.89. The van der Waals surface area contributed by atoms with Crippen LogP contribution >= 0.6 is 0 Å². The maximum absolute atomic E-state index is 13.1. The van der Waals surface area contributed by atoms with Gasteiger partial charge >= 0.3 is 0 Å². The van der Waals surface area contributed by atoms with Gasteiger partial charge in [-0.3, -0.25) is 4.79 Å². The molecule has 2 aliphatic heterocycles. The van der Waals surface area contributed by atoms with E-state index in [1.807, 2.05) is 30.3 Å². The second-order valence-corrected chi connectivity index (χ2v) is 10.1. The maximum atomic E-state index is 13.1. The minimum atomic E-state index is -3.63. The number of ether oxygens (including phenoxy) is 1. The number of hydrazine groups is 1. The third-order valence-corrected chi connectivity index (χ3v) is 8.04. The van der Waals surface area contributed by atoms with E-state index >= 15 is 0 Å². The van der Waals surface area contributed by atoms with Crippen molar-refractivity contribution in [1.29, 1.82) is 0 Å². The van der Waals surface area contributed by atoms with Crippen LogP contribution in [-0.4, -0.2) is 44.9 Å². The number of methoxy groups -OCH3 is 1. The summed E-state index contributed by atoms with van der Waals surface area (Å²) in [4.78, 5) is 12.9. The van der Waals surface area contributed by atoms with Gasteiger partial charge in [-0.2, -0.15) is 4.31 Å². The largest absolute Gasteiger partial charge is 0.495 e. The number of amides is 1. The lowest BCUT2D eigenvalue weighted by Crippen LogP contribution is -2.39. The minimum Gasteiger partial charge on any atom is -0.495 e. The fraction of sp³-hybridized carbons (Fsp3) is 0.435. The summed E-state index contributed by atoms with van der Waals surface area (Å²) in [5.74, 6) is 0.194. The van der Waals surface area contributed by atoms with E-state index in [0.29, 0.717) is 25.3 Å². The summed E-state index contributed by atoms with van der Waals surface area (Å²) in [5.41, 5.74) is 8.92. The van der Waals surface area contributed by atoms with Crippen molar-refractivity contribution in [2.24, 2.45) is 0 Å². The predicted octanol–water partition coefficient (Wildman–Crippen LogP) is 2.59. The summed E-state index contributed by atoms with van der Waals surface area (Å²) in [5, 5.41) is 2.93. The molecule has 172 valence electrons. The first-order valence-corrected chi connectivity index (χ1v) is 12.5. The van der Waals surface area contributed by atoms with E-state index in [4.69, 9.17) is 4.74 Å². The van der Waals surface area contributed by atoms with Gasteiger partial charge in [0.05, 0.1) is 7.11 Å². The number of carbonyl (C=O) groups excluding carboxylic acids is 1. The molecule has 2 unspecified atom stereocenters. The van der Waals surface area contributed by atoms with Crippen LogP contribution in [0.4, 0.5) is 5.69 Å². The number of hydrogen-bond donors (Lipinski definition) is 3. The number of nitrogens with zero attached hydrogens (tertiary/aromatic N) is 1. The summed E-state index contributed by atoms with van der Waals surface area (Å²) in [6, 6.07) is 12.3. The summed E-state index contributed by atoms with van der Waals surface area (Å²) in [6.07, 6.45) is 3.18. The van der Waals surface area contributed by atoms with Gasteiger partial charge in [-0.25, -0.2) is 19.3 Å². The molecule has 0 aliphatic carbocycles. The Kier molecular flexibility index (Phi) is 6.80. The van der Waals surface area contributed by atoms with Crippen LogP contribution in [0, 0.1) is 0 Å². The monoisotopic (exact) mass is 458 g/mol. The molecule has 0 radical (unpaired) electrons. The van der Waals surface area contributed by atoms with Crippen LogP contribution in [0.5, 0.6) is 5.75 Å². The van der Waals surface area contributed by atoms with E-state index in [9.17, 15) is 13.2 Å². The zero-order chi connectivity index (χ0) is 22.7. The Morgan fingerprint density at radius 1 is 1.12 bits per heavy atom. The Bertz CT molecular complexity index is 1070. The average Bonchev–Trinajstić information content (AvgIpc) is 3.52. The molecule has 32 heavy (non-hydrogen) atoms. The standard InChI is InChI=1S/C23H30N4O4S/c1-3-16-6-9-18(10-7-16)24-23(28)20-15-19(25-26-20)17-8-11-21(31-2)22(14-17)32(29,30)27-12-4-5-13-27/h6-11,14,19-20,25-26H,3-5,12-13,15H2,1-2H3,(H,24,28). The van der Waals surface area contributed by atoms with Crippen LogP contribution < -0.4 is 20.9 Å². The third kappa shape index (κ3) is 4.66. The van der Waals surface area contributed by atoms with E-state index in [1.165, 1.54) is 17.0 Å². The van der Waals surface area contributed by atoms with Crippen LogP contribution in [0.1, 0.15) is 43.4 Å². The number of hydrogen-bond acceptors (Lipinski definition) is 6. The Morgan fingerprint density at radius 2 is 1.84 bits per heavy atom. The number of sulfonamides is 1. The molecule has 2 aromatic carbocycles. The molecular weight excluding hydrogens is 428 g/mol. The summed E-state index contributed by atoms with van der Waals surface area (Å²) in [6.45, 7) is 3.14. The smallest absolute Gasteiger partial charge is 0.246 e. The Labute approximate surface area is 189 Å². The Hall–Kier alpha value is -2.46. The van der Waals surface area contributed by atoms with E-state index in [-0.39, 0.29) is 16.8 Å². The molecular formula is C23H30N4O4S. The molecule has 4 rings (SSSR count). The first kappa shape index (κ1) is 22.7. The van der Waals surface area contributed by atoms with Crippen LogP contribution in [-0.2, 0) is 21.2 Å². The molecule has 9 heteroatoms.